The molecule has 70 valence electrons. The minimum Gasteiger partial charge on any atom is -0.292 e. The van der Waals surface area contributed by atoms with E-state index in [9.17, 15) is 4.79 Å². The maximum absolute atomic E-state index is 11.7. The molecule has 0 N–H and O–H groups in total. The molecule has 0 aliphatic heterocycles. The summed E-state index contributed by atoms with van der Waals surface area (Å²) < 4.78 is 0. The average molecular weight is 194 g/mol. The monoisotopic (exact) mass is 194 g/mol. The van der Waals surface area contributed by atoms with Crippen molar-refractivity contribution in [2.24, 2.45) is 5.92 Å². The van der Waals surface area contributed by atoms with Crippen LogP contribution in [-0.4, -0.2) is 5.78 Å². The van der Waals surface area contributed by atoms with Gasteiger partial charge in [0.05, 0.1) is 17.7 Å². The van der Waals surface area contributed by atoms with E-state index in [-0.39, 0.29) is 5.78 Å². The summed E-state index contributed by atoms with van der Waals surface area (Å²) in [6, 6.07) is 8.77. The third kappa shape index (κ3) is 1.41. The van der Waals surface area contributed by atoms with Gasteiger partial charge in [-0.25, -0.2) is 0 Å². The molecule has 0 spiro atoms. The van der Waals surface area contributed by atoms with Gasteiger partial charge in [0.15, 0.2) is 5.78 Å². The number of Topliss-reactive ketones (excluding diaryl/α,β-unsaturated/α-hetero) is 1. The van der Waals surface area contributed by atoms with Crippen molar-refractivity contribution < 1.29 is 4.79 Å². The van der Waals surface area contributed by atoms with Crippen LogP contribution in [0.25, 0.3) is 6.08 Å². The number of hydrogen-bond acceptors (Lipinski definition) is 3. The fourth-order valence-corrected chi connectivity index (χ4v) is 1.55. The zero-order valence-electron chi connectivity index (χ0n) is 7.77. The summed E-state index contributed by atoms with van der Waals surface area (Å²) in [5.41, 5.74) is 1.75. The second-order valence-electron chi connectivity index (χ2n) is 3.24. The second-order valence-corrected chi connectivity index (χ2v) is 3.24. The standard InChI is InChI=1S/C12H6N2O/c13-6-8-1-4-11-9(5-8)2-3-10(7-14)12(11)15/h1-5,10H. The molecule has 0 fully saturated rings. The second kappa shape index (κ2) is 3.40. The molecule has 3 heteroatoms. The van der Waals surface area contributed by atoms with Crippen molar-refractivity contribution in [3.63, 3.8) is 0 Å². The number of fused-ring (bicyclic) bond motifs is 1. The number of carbonyl (C=O) groups is 1. The number of carbonyl (C=O) groups excluding carboxylic acids is 1. The van der Waals surface area contributed by atoms with Gasteiger partial charge in [-0.2, -0.15) is 10.5 Å². The minimum absolute atomic E-state index is 0.195. The summed E-state index contributed by atoms with van der Waals surface area (Å²) in [5.74, 6) is -0.884. The van der Waals surface area contributed by atoms with Crippen molar-refractivity contribution in [1.82, 2.24) is 0 Å². The molecule has 1 atom stereocenters. The fraction of sp³-hybridized carbons (Fsp3) is 0.0833. The molecule has 2 rings (SSSR count). The van der Waals surface area contributed by atoms with Gasteiger partial charge >= 0.3 is 0 Å². The Morgan fingerprint density at radius 2 is 2.07 bits per heavy atom. The average Bonchev–Trinajstić information content (AvgIpc) is 2.29. The van der Waals surface area contributed by atoms with Crippen LogP contribution in [0, 0.1) is 28.6 Å². The Kier molecular flexibility index (Phi) is 2.08. The van der Waals surface area contributed by atoms with Crippen molar-refractivity contribution in [3.05, 3.63) is 41.0 Å². The quantitative estimate of drug-likeness (QED) is 0.633. The first-order valence-electron chi connectivity index (χ1n) is 4.42. The van der Waals surface area contributed by atoms with E-state index >= 15 is 0 Å². The molecule has 0 aromatic heterocycles. The molecule has 1 aromatic carbocycles. The molecule has 15 heavy (non-hydrogen) atoms. The molecule has 3 nitrogen and oxygen atoms in total. The number of nitriles is 2. The molecule has 1 aromatic rings. The molecular formula is C12H6N2O. The number of ketones is 1. The Bertz CT molecular complexity index is 544. The first-order valence-corrected chi connectivity index (χ1v) is 4.42. The SMILES string of the molecule is N#Cc1ccc2c(c1)C=CC(C#N)C2=O. The van der Waals surface area contributed by atoms with Crippen LogP contribution in [0.1, 0.15) is 21.5 Å². The van der Waals surface area contributed by atoms with Gasteiger partial charge < -0.3 is 0 Å². The van der Waals surface area contributed by atoms with E-state index in [0.29, 0.717) is 16.7 Å². The van der Waals surface area contributed by atoms with E-state index in [1.165, 1.54) is 0 Å². The first kappa shape index (κ1) is 9.18. The lowest BCUT2D eigenvalue weighted by Gasteiger charge is -2.12. The van der Waals surface area contributed by atoms with E-state index in [1.54, 1.807) is 30.4 Å². The number of hydrogen-bond donors (Lipinski definition) is 0. The molecule has 1 unspecified atom stereocenters. The third-order valence-electron chi connectivity index (χ3n) is 2.34. The van der Waals surface area contributed by atoms with Crippen molar-refractivity contribution in [2.45, 2.75) is 0 Å². The Balaban J connectivity index is 2.56. The van der Waals surface area contributed by atoms with Gasteiger partial charge in [0.25, 0.3) is 0 Å². The van der Waals surface area contributed by atoms with Crippen LogP contribution in [0.3, 0.4) is 0 Å². The molecule has 1 aliphatic carbocycles. The highest BCUT2D eigenvalue weighted by Gasteiger charge is 2.22. The van der Waals surface area contributed by atoms with Gasteiger partial charge in [0.1, 0.15) is 5.92 Å². The summed E-state index contributed by atoms with van der Waals surface area (Å²) in [7, 11) is 0. The number of allylic oxidation sites excluding steroid dienone is 1. The van der Waals surface area contributed by atoms with Crippen molar-refractivity contribution in [2.75, 3.05) is 0 Å². The van der Waals surface area contributed by atoms with Gasteiger partial charge in [-0.15, -0.1) is 0 Å². The molecule has 0 radical (unpaired) electrons. The van der Waals surface area contributed by atoms with Crippen molar-refractivity contribution in [3.8, 4) is 12.1 Å². The van der Waals surface area contributed by atoms with Crippen LogP contribution < -0.4 is 0 Å². The Morgan fingerprint density at radius 3 is 2.73 bits per heavy atom. The van der Waals surface area contributed by atoms with Gasteiger partial charge in [-0.05, 0) is 23.8 Å². The Labute approximate surface area is 86.9 Å². The third-order valence-corrected chi connectivity index (χ3v) is 2.34. The van der Waals surface area contributed by atoms with Crippen molar-refractivity contribution in [1.29, 1.82) is 10.5 Å². The Hall–Kier alpha value is -2.39. The lowest BCUT2D eigenvalue weighted by Crippen LogP contribution is -2.15. The summed E-state index contributed by atoms with van der Waals surface area (Å²) in [4.78, 5) is 11.7. The van der Waals surface area contributed by atoms with Crippen LogP contribution in [0.4, 0.5) is 0 Å². The highest BCUT2D eigenvalue weighted by atomic mass is 16.1. The van der Waals surface area contributed by atoms with Crippen LogP contribution >= 0.6 is 0 Å². The maximum atomic E-state index is 11.7. The first-order chi connectivity index (χ1) is 7.26. The normalized spacial score (nSPS) is 17.7. The van der Waals surface area contributed by atoms with Gasteiger partial charge in [0.2, 0.25) is 0 Å². The molecule has 0 saturated carbocycles. The predicted octanol–water partition coefficient (Wildman–Crippen LogP) is 1.91. The molecule has 1 aliphatic rings. The van der Waals surface area contributed by atoms with Crippen LogP contribution in [0.15, 0.2) is 24.3 Å². The highest BCUT2D eigenvalue weighted by Crippen LogP contribution is 2.23. The number of rotatable bonds is 0. The summed E-state index contributed by atoms with van der Waals surface area (Å²) >= 11 is 0. The van der Waals surface area contributed by atoms with E-state index in [0.717, 1.165) is 0 Å². The van der Waals surface area contributed by atoms with Gasteiger partial charge in [0, 0.05) is 5.56 Å². The Morgan fingerprint density at radius 1 is 1.27 bits per heavy atom. The zero-order chi connectivity index (χ0) is 10.8. The number of benzene rings is 1. The topological polar surface area (TPSA) is 64.7 Å². The summed E-state index contributed by atoms with van der Waals surface area (Å²) in [5, 5.41) is 17.4. The van der Waals surface area contributed by atoms with E-state index < -0.39 is 5.92 Å². The molecule has 0 saturated heterocycles. The maximum Gasteiger partial charge on any atom is 0.184 e. The van der Waals surface area contributed by atoms with E-state index in [4.69, 9.17) is 10.5 Å². The molecule has 0 bridgehead atoms. The minimum atomic E-state index is -0.689. The van der Waals surface area contributed by atoms with Gasteiger partial charge in [-0.1, -0.05) is 12.2 Å². The predicted molar refractivity (Wildman–Crippen MR) is 53.6 cm³/mol. The van der Waals surface area contributed by atoms with Crippen molar-refractivity contribution >= 4 is 11.9 Å². The van der Waals surface area contributed by atoms with Gasteiger partial charge in [-0.3, -0.25) is 4.79 Å². The molecular weight excluding hydrogens is 188 g/mol. The van der Waals surface area contributed by atoms with E-state index in [2.05, 4.69) is 0 Å². The highest BCUT2D eigenvalue weighted by molar-refractivity contribution is 6.05. The fourth-order valence-electron chi connectivity index (χ4n) is 1.55. The molecule has 0 amide bonds. The lowest BCUT2D eigenvalue weighted by molar-refractivity contribution is 0.0966. The summed E-state index contributed by atoms with van der Waals surface area (Å²) in [6.45, 7) is 0. The largest absolute Gasteiger partial charge is 0.292 e. The van der Waals surface area contributed by atoms with Crippen LogP contribution in [0.5, 0.6) is 0 Å². The smallest absolute Gasteiger partial charge is 0.184 e. The van der Waals surface area contributed by atoms with Crippen LogP contribution in [0.2, 0.25) is 0 Å². The summed E-state index contributed by atoms with van der Waals surface area (Å²) in [6.07, 6.45) is 3.28. The lowest BCUT2D eigenvalue weighted by atomic mass is 9.88. The van der Waals surface area contributed by atoms with Crippen LogP contribution in [-0.2, 0) is 0 Å². The zero-order valence-corrected chi connectivity index (χ0v) is 7.77. The van der Waals surface area contributed by atoms with E-state index in [1.807, 2.05) is 12.1 Å². The number of nitrogens with zero attached hydrogens (tertiary/aromatic N) is 2. The molecule has 0 heterocycles.